The van der Waals surface area contributed by atoms with E-state index in [4.69, 9.17) is 10.5 Å². The predicted molar refractivity (Wildman–Crippen MR) is 82.9 cm³/mol. The van der Waals surface area contributed by atoms with Gasteiger partial charge in [0.25, 0.3) is 0 Å². The highest BCUT2D eigenvalue weighted by Crippen LogP contribution is 2.41. The summed E-state index contributed by atoms with van der Waals surface area (Å²) in [5.41, 5.74) is 8.43. The molecule has 0 amide bonds. The van der Waals surface area contributed by atoms with Crippen molar-refractivity contribution in [2.45, 2.75) is 56.7 Å². The van der Waals surface area contributed by atoms with Crippen molar-refractivity contribution in [2.24, 2.45) is 5.73 Å². The molecule has 2 N–H and O–H groups in total. The predicted octanol–water partition coefficient (Wildman–Crippen LogP) is 3.07. The molecule has 1 saturated heterocycles. The zero-order chi connectivity index (χ0) is 14.0. The number of hydrogen-bond donors (Lipinski definition) is 1. The molecule has 1 aromatic carbocycles. The van der Waals surface area contributed by atoms with Gasteiger partial charge in [-0.3, -0.25) is 0 Å². The van der Waals surface area contributed by atoms with Crippen LogP contribution in [0.25, 0.3) is 0 Å². The third kappa shape index (κ3) is 2.70. The SMILES string of the molecule is CN(c1cccc(CN)c1)C1CCOC2(CCCC2)C1. The van der Waals surface area contributed by atoms with Gasteiger partial charge in [-0.2, -0.15) is 0 Å². The second-order valence-corrected chi connectivity index (χ2v) is 6.37. The lowest BCUT2D eigenvalue weighted by Gasteiger charge is -2.42. The van der Waals surface area contributed by atoms with E-state index in [0.717, 1.165) is 13.0 Å². The maximum atomic E-state index is 6.14. The zero-order valence-electron chi connectivity index (χ0n) is 12.5. The van der Waals surface area contributed by atoms with Crippen molar-refractivity contribution in [3.8, 4) is 0 Å². The lowest BCUT2D eigenvalue weighted by atomic mass is 9.88. The van der Waals surface area contributed by atoms with Crippen LogP contribution >= 0.6 is 0 Å². The van der Waals surface area contributed by atoms with Crippen LogP contribution in [0.4, 0.5) is 5.69 Å². The Balaban J connectivity index is 1.74. The normalized spacial score (nSPS) is 25.0. The molecule has 1 aliphatic carbocycles. The molecule has 110 valence electrons. The monoisotopic (exact) mass is 274 g/mol. The molecule has 0 radical (unpaired) electrons. The summed E-state index contributed by atoms with van der Waals surface area (Å²) in [6.45, 7) is 1.52. The molecule has 0 aromatic heterocycles. The van der Waals surface area contributed by atoms with Crippen LogP contribution in [0.5, 0.6) is 0 Å². The summed E-state index contributed by atoms with van der Waals surface area (Å²) in [5, 5.41) is 0. The Morgan fingerprint density at radius 2 is 2.15 bits per heavy atom. The van der Waals surface area contributed by atoms with Gasteiger partial charge in [-0.05, 0) is 43.4 Å². The first-order valence-corrected chi connectivity index (χ1v) is 7.88. The van der Waals surface area contributed by atoms with E-state index in [0.29, 0.717) is 12.6 Å². The van der Waals surface area contributed by atoms with E-state index in [2.05, 4.69) is 36.2 Å². The van der Waals surface area contributed by atoms with E-state index >= 15 is 0 Å². The van der Waals surface area contributed by atoms with Gasteiger partial charge >= 0.3 is 0 Å². The lowest BCUT2D eigenvalue weighted by Crippen LogP contribution is -2.46. The fraction of sp³-hybridized carbons (Fsp3) is 0.647. The molecule has 2 aliphatic rings. The quantitative estimate of drug-likeness (QED) is 0.920. The first-order chi connectivity index (χ1) is 9.72. The highest BCUT2D eigenvalue weighted by Gasteiger charge is 2.40. The van der Waals surface area contributed by atoms with Crippen LogP contribution in [0.15, 0.2) is 24.3 Å². The third-order valence-corrected chi connectivity index (χ3v) is 5.08. The van der Waals surface area contributed by atoms with Crippen LogP contribution < -0.4 is 10.6 Å². The minimum absolute atomic E-state index is 0.183. The summed E-state index contributed by atoms with van der Waals surface area (Å²) in [6.07, 6.45) is 7.47. The lowest BCUT2D eigenvalue weighted by molar-refractivity contribution is -0.0795. The third-order valence-electron chi connectivity index (χ3n) is 5.08. The van der Waals surface area contributed by atoms with E-state index in [-0.39, 0.29) is 5.60 Å². The van der Waals surface area contributed by atoms with E-state index in [9.17, 15) is 0 Å². The largest absolute Gasteiger partial charge is 0.375 e. The van der Waals surface area contributed by atoms with E-state index < -0.39 is 0 Å². The fourth-order valence-corrected chi connectivity index (χ4v) is 3.81. The van der Waals surface area contributed by atoms with Gasteiger partial charge in [-0.15, -0.1) is 0 Å². The topological polar surface area (TPSA) is 38.5 Å². The van der Waals surface area contributed by atoms with Gasteiger partial charge in [0.15, 0.2) is 0 Å². The molecule has 1 saturated carbocycles. The summed E-state index contributed by atoms with van der Waals surface area (Å²) in [4.78, 5) is 2.43. The smallest absolute Gasteiger partial charge is 0.0702 e. The molecule has 0 bridgehead atoms. The van der Waals surface area contributed by atoms with Gasteiger partial charge in [-0.1, -0.05) is 25.0 Å². The first-order valence-electron chi connectivity index (χ1n) is 7.88. The molecule has 1 atom stereocenters. The molecule has 1 spiro atoms. The minimum atomic E-state index is 0.183. The molecule has 1 unspecified atom stereocenters. The van der Waals surface area contributed by atoms with E-state index in [1.54, 1.807) is 0 Å². The average Bonchev–Trinajstić information content (AvgIpc) is 2.94. The van der Waals surface area contributed by atoms with Crippen molar-refractivity contribution >= 4 is 5.69 Å². The molecule has 3 rings (SSSR count). The van der Waals surface area contributed by atoms with Crippen LogP contribution in [-0.4, -0.2) is 25.3 Å². The molecule has 1 heterocycles. The number of benzene rings is 1. The second kappa shape index (κ2) is 5.74. The molecular formula is C17H26N2O. The molecule has 2 fully saturated rings. The zero-order valence-corrected chi connectivity index (χ0v) is 12.5. The number of ether oxygens (including phenoxy) is 1. The van der Waals surface area contributed by atoms with Crippen LogP contribution in [-0.2, 0) is 11.3 Å². The Kier molecular flexibility index (Phi) is 3.99. The van der Waals surface area contributed by atoms with Gasteiger partial charge < -0.3 is 15.4 Å². The van der Waals surface area contributed by atoms with Gasteiger partial charge in [-0.25, -0.2) is 0 Å². The first kappa shape index (κ1) is 13.9. The summed E-state index contributed by atoms with van der Waals surface area (Å²) < 4.78 is 6.14. The van der Waals surface area contributed by atoms with Crippen molar-refractivity contribution < 1.29 is 4.74 Å². The Morgan fingerprint density at radius 3 is 2.90 bits per heavy atom. The number of rotatable bonds is 3. The molecule has 1 aromatic rings. The summed E-state index contributed by atoms with van der Waals surface area (Å²) in [7, 11) is 2.22. The van der Waals surface area contributed by atoms with Gasteiger partial charge in [0.1, 0.15) is 0 Å². The number of hydrogen-bond acceptors (Lipinski definition) is 3. The van der Waals surface area contributed by atoms with Gasteiger partial charge in [0.05, 0.1) is 5.60 Å². The maximum absolute atomic E-state index is 6.14. The van der Waals surface area contributed by atoms with Crippen molar-refractivity contribution in [2.75, 3.05) is 18.6 Å². The van der Waals surface area contributed by atoms with Crippen molar-refractivity contribution in [1.29, 1.82) is 0 Å². The summed E-state index contributed by atoms with van der Waals surface area (Å²) in [6, 6.07) is 9.21. The number of nitrogens with two attached hydrogens (primary N) is 1. The molecule has 3 heteroatoms. The highest BCUT2D eigenvalue weighted by atomic mass is 16.5. The standard InChI is InChI=1S/C17H26N2O/c1-19(15-6-4-5-14(11-15)13-18)16-7-10-20-17(12-16)8-2-3-9-17/h4-6,11,16H,2-3,7-10,12-13,18H2,1H3. The Hall–Kier alpha value is -1.06. The molecule has 3 nitrogen and oxygen atoms in total. The van der Waals surface area contributed by atoms with Gasteiger partial charge in [0.2, 0.25) is 0 Å². The Bertz CT molecular complexity index is 454. The Labute approximate surface area is 122 Å². The molecule has 20 heavy (non-hydrogen) atoms. The van der Waals surface area contributed by atoms with Crippen molar-refractivity contribution in [1.82, 2.24) is 0 Å². The average molecular weight is 274 g/mol. The molecule has 1 aliphatic heterocycles. The van der Waals surface area contributed by atoms with Crippen LogP contribution in [0, 0.1) is 0 Å². The van der Waals surface area contributed by atoms with E-state index in [1.807, 2.05) is 0 Å². The van der Waals surface area contributed by atoms with Crippen LogP contribution in [0.3, 0.4) is 0 Å². The Morgan fingerprint density at radius 1 is 1.35 bits per heavy atom. The molecular weight excluding hydrogens is 248 g/mol. The van der Waals surface area contributed by atoms with Crippen LogP contribution in [0.1, 0.15) is 44.1 Å². The van der Waals surface area contributed by atoms with Gasteiger partial charge in [0, 0.05) is 31.9 Å². The van der Waals surface area contributed by atoms with E-state index in [1.165, 1.54) is 43.4 Å². The number of anilines is 1. The van der Waals surface area contributed by atoms with Crippen LogP contribution in [0.2, 0.25) is 0 Å². The number of nitrogens with zero attached hydrogens (tertiary/aromatic N) is 1. The second-order valence-electron chi connectivity index (χ2n) is 6.37. The summed E-state index contributed by atoms with van der Waals surface area (Å²) in [5.74, 6) is 0. The highest BCUT2D eigenvalue weighted by molar-refractivity contribution is 5.49. The van der Waals surface area contributed by atoms with Crippen molar-refractivity contribution in [3.63, 3.8) is 0 Å². The maximum Gasteiger partial charge on any atom is 0.0702 e. The van der Waals surface area contributed by atoms with Crippen molar-refractivity contribution in [3.05, 3.63) is 29.8 Å². The fourth-order valence-electron chi connectivity index (χ4n) is 3.81. The summed E-state index contributed by atoms with van der Waals surface area (Å²) >= 11 is 0. The minimum Gasteiger partial charge on any atom is -0.375 e.